The molecule has 0 saturated heterocycles. The molecule has 0 N–H and O–H groups in total. The Bertz CT molecular complexity index is 419. The quantitative estimate of drug-likeness (QED) is 0.541. The van der Waals surface area contributed by atoms with Crippen LogP contribution in [-0.4, -0.2) is 44.2 Å². The molecule has 0 fully saturated rings. The van der Waals surface area contributed by atoms with E-state index >= 15 is 0 Å². The molecular formula is C14H20INO3. The van der Waals surface area contributed by atoms with Gasteiger partial charge in [0.1, 0.15) is 17.9 Å². The van der Waals surface area contributed by atoms with Crippen LogP contribution in [0.25, 0.3) is 0 Å². The van der Waals surface area contributed by atoms with Crippen LogP contribution in [0.3, 0.4) is 0 Å². The summed E-state index contributed by atoms with van der Waals surface area (Å²) in [6.07, 6.45) is 0. The highest BCUT2D eigenvalue weighted by molar-refractivity contribution is 14.1. The normalized spacial score (nSPS) is 10.6. The van der Waals surface area contributed by atoms with Crippen LogP contribution in [0.1, 0.15) is 24.2 Å². The summed E-state index contributed by atoms with van der Waals surface area (Å²) in [6, 6.07) is 5.51. The number of carbonyl (C=O) groups excluding carboxylic acids is 1. The second kappa shape index (κ2) is 8.37. The van der Waals surface area contributed by atoms with Gasteiger partial charge in [0.2, 0.25) is 0 Å². The Kier molecular flexibility index (Phi) is 7.15. The van der Waals surface area contributed by atoms with Crippen molar-refractivity contribution in [2.45, 2.75) is 13.8 Å². The lowest BCUT2D eigenvalue weighted by atomic mass is 10.2. The Hall–Kier alpha value is -0.820. The number of nitrogens with zero attached hydrogens (tertiary/aromatic N) is 1. The first-order chi connectivity index (χ1) is 9.12. The van der Waals surface area contributed by atoms with Crippen LogP contribution in [0.4, 0.5) is 0 Å². The first-order valence-corrected chi connectivity index (χ1v) is 7.43. The molecule has 1 rings (SSSR count). The smallest absolute Gasteiger partial charge is 0.341 e. The molecule has 1 aromatic rings. The molecule has 5 heteroatoms. The van der Waals surface area contributed by atoms with E-state index in [9.17, 15) is 4.79 Å². The van der Waals surface area contributed by atoms with Gasteiger partial charge in [-0.05, 0) is 53.9 Å². The largest absolute Gasteiger partial charge is 0.491 e. The summed E-state index contributed by atoms with van der Waals surface area (Å²) < 4.78 is 11.5. The van der Waals surface area contributed by atoms with Crippen LogP contribution in [0.2, 0.25) is 0 Å². The third kappa shape index (κ3) is 4.99. The number of carbonyl (C=O) groups is 1. The summed E-state index contributed by atoms with van der Waals surface area (Å²) in [7, 11) is 1.38. The minimum absolute atomic E-state index is 0.364. The highest BCUT2D eigenvalue weighted by Gasteiger charge is 2.13. The van der Waals surface area contributed by atoms with Gasteiger partial charge in [0.15, 0.2) is 0 Å². The van der Waals surface area contributed by atoms with Crippen molar-refractivity contribution in [2.75, 3.05) is 33.4 Å². The molecule has 0 amide bonds. The molecule has 19 heavy (non-hydrogen) atoms. The van der Waals surface area contributed by atoms with Gasteiger partial charge in [0.05, 0.1) is 7.11 Å². The molecule has 0 atom stereocenters. The van der Waals surface area contributed by atoms with Gasteiger partial charge >= 0.3 is 5.97 Å². The Morgan fingerprint density at radius 2 is 2.00 bits per heavy atom. The van der Waals surface area contributed by atoms with Crippen LogP contribution in [-0.2, 0) is 4.74 Å². The zero-order valence-corrected chi connectivity index (χ0v) is 13.8. The van der Waals surface area contributed by atoms with Crippen molar-refractivity contribution < 1.29 is 14.3 Å². The summed E-state index contributed by atoms with van der Waals surface area (Å²) in [5, 5.41) is 0. The highest BCUT2D eigenvalue weighted by Crippen LogP contribution is 2.22. The molecule has 0 bridgehead atoms. The lowest BCUT2D eigenvalue weighted by Gasteiger charge is -2.18. The number of methoxy groups -OCH3 is 1. The zero-order chi connectivity index (χ0) is 14.3. The first kappa shape index (κ1) is 16.2. The molecule has 0 saturated carbocycles. The summed E-state index contributed by atoms with van der Waals surface area (Å²) in [5.41, 5.74) is 0.481. The Morgan fingerprint density at radius 3 is 2.58 bits per heavy atom. The van der Waals surface area contributed by atoms with E-state index in [-0.39, 0.29) is 5.97 Å². The average Bonchev–Trinajstić information content (AvgIpc) is 2.44. The molecule has 0 aliphatic heterocycles. The second-order valence-electron chi connectivity index (χ2n) is 4.01. The van der Waals surface area contributed by atoms with Crippen LogP contribution in [0, 0.1) is 3.57 Å². The monoisotopic (exact) mass is 377 g/mol. The summed E-state index contributed by atoms with van der Waals surface area (Å²) in [6.45, 7) is 7.64. The molecule has 0 unspecified atom stereocenters. The predicted octanol–water partition coefficient (Wildman–Crippen LogP) is 2.80. The van der Waals surface area contributed by atoms with Crippen LogP contribution in [0.15, 0.2) is 18.2 Å². The molecule has 0 aliphatic rings. The average molecular weight is 377 g/mol. The van der Waals surface area contributed by atoms with E-state index in [1.54, 1.807) is 6.07 Å². The van der Waals surface area contributed by atoms with Gasteiger partial charge in [0.25, 0.3) is 0 Å². The molecule has 0 spiro atoms. The minimum atomic E-state index is -0.364. The Balaban J connectivity index is 2.69. The lowest BCUT2D eigenvalue weighted by Crippen LogP contribution is -2.28. The summed E-state index contributed by atoms with van der Waals surface area (Å²) >= 11 is 2.16. The van der Waals surface area contributed by atoms with Crippen molar-refractivity contribution in [1.29, 1.82) is 0 Å². The van der Waals surface area contributed by atoms with Gasteiger partial charge < -0.3 is 14.4 Å². The molecule has 106 valence electrons. The fraction of sp³-hybridized carbons (Fsp3) is 0.500. The van der Waals surface area contributed by atoms with E-state index < -0.39 is 0 Å². The Labute approximate surface area is 128 Å². The third-order valence-electron chi connectivity index (χ3n) is 2.91. The molecular weight excluding hydrogens is 357 g/mol. The van der Waals surface area contributed by atoms with Gasteiger partial charge in [-0.25, -0.2) is 4.79 Å². The molecule has 4 nitrogen and oxygen atoms in total. The molecule has 0 aromatic heterocycles. The van der Waals surface area contributed by atoms with Gasteiger partial charge in [0, 0.05) is 10.1 Å². The van der Waals surface area contributed by atoms with Gasteiger partial charge in [-0.1, -0.05) is 13.8 Å². The maximum atomic E-state index is 11.7. The molecule has 0 radical (unpaired) electrons. The lowest BCUT2D eigenvalue weighted by molar-refractivity contribution is 0.0595. The van der Waals surface area contributed by atoms with Gasteiger partial charge in [-0.3, -0.25) is 0 Å². The van der Waals surface area contributed by atoms with Crippen molar-refractivity contribution in [2.24, 2.45) is 0 Å². The van der Waals surface area contributed by atoms with E-state index in [0.717, 1.165) is 23.2 Å². The fourth-order valence-corrected chi connectivity index (χ4v) is 2.21. The number of benzene rings is 1. The number of likely N-dealkylation sites (N-methyl/N-ethyl adjacent to an activating group) is 1. The van der Waals surface area contributed by atoms with Crippen LogP contribution in [0.5, 0.6) is 5.75 Å². The number of hydrogen-bond donors (Lipinski definition) is 0. The molecule has 1 aromatic carbocycles. The maximum Gasteiger partial charge on any atom is 0.341 e. The SMILES string of the molecule is CCN(CC)CCOc1ccc(I)cc1C(=O)OC. The second-order valence-corrected chi connectivity index (χ2v) is 5.25. The maximum absolute atomic E-state index is 11.7. The fourth-order valence-electron chi connectivity index (χ4n) is 1.72. The van der Waals surface area contributed by atoms with Crippen molar-refractivity contribution >= 4 is 28.6 Å². The molecule has 0 heterocycles. The summed E-state index contributed by atoms with van der Waals surface area (Å²) in [5.74, 6) is 0.218. The van der Waals surface area contributed by atoms with Crippen LogP contribution >= 0.6 is 22.6 Å². The van der Waals surface area contributed by atoms with E-state index in [2.05, 4.69) is 41.3 Å². The minimum Gasteiger partial charge on any atom is -0.491 e. The number of halogens is 1. The van der Waals surface area contributed by atoms with Crippen molar-refractivity contribution in [1.82, 2.24) is 4.90 Å². The van der Waals surface area contributed by atoms with E-state index in [1.165, 1.54) is 7.11 Å². The standard InChI is InChI=1S/C14H20INO3/c1-4-16(5-2)8-9-19-13-7-6-11(15)10-12(13)14(17)18-3/h6-7,10H,4-5,8-9H2,1-3H3. The highest BCUT2D eigenvalue weighted by atomic mass is 127. The van der Waals surface area contributed by atoms with E-state index in [1.807, 2.05) is 12.1 Å². The zero-order valence-electron chi connectivity index (χ0n) is 11.6. The van der Waals surface area contributed by atoms with E-state index in [0.29, 0.717) is 17.9 Å². The van der Waals surface area contributed by atoms with Crippen molar-refractivity contribution in [3.63, 3.8) is 0 Å². The Morgan fingerprint density at radius 1 is 1.32 bits per heavy atom. The van der Waals surface area contributed by atoms with Crippen molar-refractivity contribution in [3.05, 3.63) is 27.3 Å². The van der Waals surface area contributed by atoms with Crippen LogP contribution < -0.4 is 4.74 Å². The molecule has 0 aliphatic carbocycles. The van der Waals surface area contributed by atoms with E-state index in [4.69, 9.17) is 9.47 Å². The van der Waals surface area contributed by atoms with Gasteiger partial charge in [-0.2, -0.15) is 0 Å². The third-order valence-corrected chi connectivity index (χ3v) is 3.58. The number of rotatable bonds is 7. The number of hydrogen-bond acceptors (Lipinski definition) is 4. The summed E-state index contributed by atoms with van der Waals surface area (Å²) in [4.78, 5) is 13.9. The first-order valence-electron chi connectivity index (χ1n) is 6.35. The van der Waals surface area contributed by atoms with Crippen molar-refractivity contribution in [3.8, 4) is 5.75 Å². The van der Waals surface area contributed by atoms with Gasteiger partial charge in [-0.15, -0.1) is 0 Å². The topological polar surface area (TPSA) is 38.8 Å². The predicted molar refractivity (Wildman–Crippen MR) is 83.8 cm³/mol. The number of esters is 1. The number of ether oxygens (including phenoxy) is 2.